The summed E-state index contributed by atoms with van der Waals surface area (Å²) in [7, 11) is -1.52. The molecule has 0 bridgehead atoms. The van der Waals surface area contributed by atoms with Crippen LogP contribution in [0.1, 0.15) is 11.1 Å². The number of para-hydroxylation sites is 1. The van der Waals surface area contributed by atoms with Crippen LogP contribution in [-0.2, 0) is 6.61 Å². The smallest absolute Gasteiger partial charge is 0.489 e. The van der Waals surface area contributed by atoms with Gasteiger partial charge in [-0.05, 0) is 18.1 Å². The lowest BCUT2D eigenvalue weighted by atomic mass is 9.78. The van der Waals surface area contributed by atoms with Crippen LogP contribution >= 0.6 is 0 Å². The second kappa shape index (κ2) is 5.71. The Kier molecular flexibility index (Phi) is 4.02. The zero-order valence-corrected chi connectivity index (χ0v) is 10.2. The van der Waals surface area contributed by atoms with Gasteiger partial charge in [0.05, 0.1) is 0 Å². The van der Waals surface area contributed by atoms with Crippen molar-refractivity contribution >= 4 is 12.6 Å². The van der Waals surface area contributed by atoms with Crippen molar-refractivity contribution in [3.8, 4) is 5.75 Å². The van der Waals surface area contributed by atoms with E-state index in [1.165, 1.54) is 0 Å². The van der Waals surface area contributed by atoms with Crippen LogP contribution in [-0.4, -0.2) is 17.2 Å². The zero-order chi connectivity index (χ0) is 13.0. The van der Waals surface area contributed by atoms with Gasteiger partial charge in [-0.2, -0.15) is 0 Å². The van der Waals surface area contributed by atoms with E-state index in [-0.39, 0.29) is 0 Å². The fraction of sp³-hybridized carbons (Fsp3) is 0.143. The molecule has 2 aromatic carbocycles. The van der Waals surface area contributed by atoms with Gasteiger partial charge < -0.3 is 14.8 Å². The molecule has 18 heavy (non-hydrogen) atoms. The molecule has 0 radical (unpaired) electrons. The maximum Gasteiger partial charge on any atom is 0.492 e. The summed E-state index contributed by atoms with van der Waals surface area (Å²) >= 11 is 0. The van der Waals surface area contributed by atoms with E-state index in [1.54, 1.807) is 12.1 Å². The summed E-state index contributed by atoms with van der Waals surface area (Å²) in [5.41, 5.74) is 2.32. The molecule has 0 aliphatic heterocycles. The highest BCUT2D eigenvalue weighted by Gasteiger charge is 2.18. The molecule has 0 fully saturated rings. The molecule has 2 aromatic rings. The molecule has 0 aromatic heterocycles. The Balaban J connectivity index is 2.19. The monoisotopic (exact) mass is 242 g/mol. The van der Waals surface area contributed by atoms with E-state index in [0.29, 0.717) is 17.8 Å². The zero-order valence-electron chi connectivity index (χ0n) is 10.2. The summed E-state index contributed by atoms with van der Waals surface area (Å²) in [6.45, 7) is 2.29. The Bertz CT molecular complexity index is 512. The molecule has 2 rings (SSSR count). The Morgan fingerprint density at radius 3 is 2.39 bits per heavy atom. The predicted molar refractivity (Wildman–Crippen MR) is 71.8 cm³/mol. The van der Waals surface area contributed by atoms with Gasteiger partial charge in [0.25, 0.3) is 0 Å². The average molecular weight is 242 g/mol. The Morgan fingerprint density at radius 1 is 1.00 bits per heavy atom. The van der Waals surface area contributed by atoms with Gasteiger partial charge in [-0.15, -0.1) is 0 Å². The highest BCUT2D eigenvalue weighted by Crippen LogP contribution is 2.16. The van der Waals surface area contributed by atoms with Crippen LogP contribution < -0.4 is 10.2 Å². The maximum atomic E-state index is 9.30. The van der Waals surface area contributed by atoms with Crippen molar-refractivity contribution in [2.75, 3.05) is 0 Å². The predicted octanol–water partition coefficient (Wildman–Crippen LogP) is 1.25. The summed E-state index contributed by atoms with van der Waals surface area (Å²) < 4.78 is 5.70. The molecule has 0 unspecified atom stereocenters. The lowest BCUT2D eigenvalue weighted by Crippen LogP contribution is -2.31. The topological polar surface area (TPSA) is 49.7 Å². The van der Waals surface area contributed by atoms with E-state index >= 15 is 0 Å². The van der Waals surface area contributed by atoms with Gasteiger partial charge >= 0.3 is 7.12 Å². The van der Waals surface area contributed by atoms with Crippen molar-refractivity contribution in [2.24, 2.45) is 0 Å². The normalized spacial score (nSPS) is 10.2. The van der Waals surface area contributed by atoms with Crippen LogP contribution in [0.4, 0.5) is 0 Å². The van der Waals surface area contributed by atoms with Crippen molar-refractivity contribution in [1.82, 2.24) is 0 Å². The van der Waals surface area contributed by atoms with Crippen molar-refractivity contribution in [2.45, 2.75) is 13.5 Å². The summed E-state index contributed by atoms with van der Waals surface area (Å²) in [5, 5.41) is 18.6. The lowest BCUT2D eigenvalue weighted by Gasteiger charge is -2.13. The number of benzene rings is 2. The van der Waals surface area contributed by atoms with Gasteiger partial charge in [0.2, 0.25) is 0 Å². The molecular formula is C14H15BO3. The molecule has 0 amide bonds. The first kappa shape index (κ1) is 12.7. The number of hydrogen-bond donors (Lipinski definition) is 2. The van der Waals surface area contributed by atoms with Crippen molar-refractivity contribution in [3.63, 3.8) is 0 Å². The third kappa shape index (κ3) is 2.91. The molecular weight excluding hydrogens is 227 g/mol. The van der Waals surface area contributed by atoms with Gasteiger partial charge in [-0.1, -0.05) is 48.5 Å². The van der Waals surface area contributed by atoms with Gasteiger partial charge in [-0.3, -0.25) is 0 Å². The number of ether oxygens (including phenoxy) is 1. The molecule has 4 heteroatoms. The van der Waals surface area contributed by atoms with E-state index in [0.717, 1.165) is 11.1 Å². The lowest BCUT2D eigenvalue weighted by molar-refractivity contribution is 0.304. The van der Waals surface area contributed by atoms with Gasteiger partial charge in [0.15, 0.2) is 0 Å². The van der Waals surface area contributed by atoms with Crippen molar-refractivity contribution in [3.05, 3.63) is 59.7 Å². The van der Waals surface area contributed by atoms with E-state index in [2.05, 4.69) is 0 Å². The van der Waals surface area contributed by atoms with Crippen LogP contribution in [0.25, 0.3) is 0 Å². The molecule has 92 valence electrons. The van der Waals surface area contributed by atoms with Crippen molar-refractivity contribution in [1.29, 1.82) is 0 Å². The molecule has 0 aliphatic carbocycles. The minimum Gasteiger partial charge on any atom is -0.489 e. The summed E-state index contributed by atoms with van der Waals surface area (Å²) in [6, 6.07) is 15.1. The van der Waals surface area contributed by atoms with E-state index < -0.39 is 7.12 Å². The summed E-state index contributed by atoms with van der Waals surface area (Å²) in [5.74, 6) is 0.538. The minimum absolute atomic E-state index is 0.394. The number of hydrogen-bond acceptors (Lipinski definition) is 3. The third-order valence-corrected chi connectivity index (χ3v) is 2.75. The van der Waals surface area contributed by atoms with Crippen LogP contribution in [0.2, 0.25) is 0 Å². The highest BCUT2D eigenvalue weighted by atomic mass is 16.5. The fourth-order valence-electron chi connectivity index (χ4n) is 1.81. The van der Waals surface area contributed by atoms with Gasteiger partial charge in [-0.25, -0.2) is 0 Å². The molecule has 0 spiro atoms. The molecule has 0 saturated heterocycles. The first-order chi connectivity index (χ1) is 8.68. The maximum absolute atomic E-state index is 9.30. The van der Waals surface area contributed by atoms with E-state index in [4.69, 9.17) is 4.74 Å². The quantitative estimate of drug-likeness (QED) is 0.793. The Morgan fingerprint density at radius 2 is 1.72 bits per heavy atom. The Labute approximate surface area is 107 Å². The van der Waals surface area contributed by atoms with Crippen LogP contribution in [0, 0.1) is 6.92 Å². The Hall–Kier alpha value is -1.78. The second-order valence-electron chi connectivity index (χ2n) is 4.14. The minimum atomic E-state index is -1.52. The first-order valence-electron chi connectivity index (χ1n) is 5.81. The van der Waals surface area contributed by atoms with Gasteiger partial charge in [0, 0.05) is 5.46 Å². The average Bonchev–Trinajstić information content (AvgIpc) is 2.38. The molecule has 2 N–H and O–H groups in total. The molecule has 0 saturated carbocycles. The molecule has 0 aliphatic rings. The molecule has 0 heterocycles. The molecule has 3 nitrogen and oxygen atoms in total. The largest absolute Gasteiger partial charge is 0.492 e. The van der Waals surface area contributed by atoms with Crippen LogP contribution in [0.15, 0.2) is 48.5 Å². The van der Waals surface area contributed by atoms with Crippen LogP contribution in [0.5, 0.6) is 5.75 Å². The summed E-state index contributed by atoms with van der Waals surface area (Å²) in [4.78, 5) is 0. The second-order valence-corrected chi connectivity index (χ2v) is 4.14. The van der Waals surface area contributed by atoms with E-state index in [9.17, 15) is 10.0 Å². The van der Waals surface area contributed by atoms with Gasteiger partial charge in [0.1, 0.15) is 12.4 Å². The van der Waals surface area contributed by atoms with Crippen LogP contribution in [0.3, 0.4) is 0 Å². The SMILES string of the molecule is Cc1cccc(B(O)O)c1OCc1ccccc1. The summed E-state index contributed by atoms with van der Waals surface area (Å²) in [6.07, 6.45) is 0. The number of aryl methyl sites for hydroxylation is 1. The highest BCUT2D eigenvalue weighted by molar-refractivity contribution is 6.59. The standard InChI is InChI=1S/C14H15BO3/c1-11-6-5-9-13(15(16)17)14(11)18-10-12-7-3-2-4-8-12/h2-9,16-17H,10H2,1H3. The molecule has 0 atom stereocenters. The fourth-order valence-corrected chi connectivity index (χ4v) is 1.81. The van der Waals surface area contributed by atoms with E-state index in [1.807, 2.05) is 43.3 Å². The third-order valence-electron chi connectivity index (χ3n) is 2.75. The number of rotatable bonds is 4. The van der Waals surface area contributed by atoms with Crippen molar-refractivity contribution < 1.29 is 14.8 Å². The first-order valence-corrected chi connectivity index (χ1v) is 5.81.